The zero-order valence-electron chi connectivity index (χ0n) is 5.22. The van der Waals surface area contributed by atoms with Crippen LogP contribution >= 0.6 is 0 Å². The van der Waals surface area contributed by atoms with E-state index in [1.54, 1.807) is 0 Å². The highest BCUT2D eigenvalue weighted by Gasteiger charge is 2.15. The fourth-order valence-corrected chi connectivity index (χ4v) is 1.07. The molecule has 1 unspecified atom stereocenters. The summed E-state index contributed by atoms with van der Waals surface area (Å²) < 4.78 is 0. The first-order valence-corrected chi connectivity index (χ1v) is 2.97. The molecule has 0 spiro atoms. The van der Waals surface area contributed by atoms with E-state index in [1.807, 2.05) is 0 Å². The van der Waals surface area contributed by atoms with Crippen molar-refractivity contribution in [2.45, 2.75) is 6.42 Å². The van der Waals surface area contributed by atoms with Crippen molar-refractivity contribution in [3.05, 3.63) is 0 Å². The van der Waals surface area contributed by atoms with E-state index in [0.717, 1.165) is 6.54 Å². The maximum atomic E-state index is 5.22. The summed E-state index contributed by atoms with van der Waals surface area (Å²) in [5, 5.41) is 0. The van der Waals surface area contributed by atoms with Gasteiger partial charge in [-0.15, -0.1) is 12.3 Å². The maximum absolute atomic E-state index is 5.22. The van der Waals surface area contributed by atoms with Crippen molar-refractivity contribution in [3.8, 4) is 12.3 Å². The van der Waals surface area contributed by atoms with Crippen molar-refractivity contribution >= 4 is 0 Å². The molecule has 0 amide bonds. The van der Waals surface area contributed by atoms with Gasteiger partial charge in [0.05, 0.1) is 0 Å². The van der Waals surface area contributed by atoms with Crippen LogP contribution in [0.15, 0.2) is 0 Å². The average molecular weight is 109 g/mol. The zero-order valence-corrected chi connectivity index (χ0v) is 5.22. The minimum atomic E-state index is 0.528. The van der Waals surface area contributed by atoms with E-state index in [-0.39, 0.29) is 0 Å². The standard InChI is InChI=1S/C7H11N/c1-3-7-4-5-8(2)6-7/h1,7H,4-6H2,2H3. The molecule has 0 saturated carbocycles. The van der Waals surface area contributed by atoms with Crippen LogP contribution in [0.5, 0.6) is 0 Å². The molecule has 1 aliphatic rings. The summed E-state index contributed by atoms with van der Waals surface area (Å²) in [6, 6.07) is 0. The normalized spacial score (nSPS) is 30.2. The van der Waals surface area contributed by atoms with Gasteiger partial charge < -0.3 is 4.90 Å². The van der Waals surface area contributed by atoms with Gasteiger partial charge in [0.2, 0.25) is 0 Å². The van der Waals surface area contributed by atoms with Gasteiger partial charge in [-0.2, -0.15) is 0 Å². The Morgan fingerprint density at radius 2 is 2.50 bits per heavy atom. The van der Waals surface area contributed by atoms with Crippen molar-refractivity contribution in [2.24, 2.45) is 5.92 Å². The predicted molar refractivity (Wildman–Crippen MR) is 34.4 cm³/mol. The molecule has 1 heteroatoms. The van der Waals surface area contributed by atoms with Crippen LogP contribution < -0.4 is 0 Å². The summed E-state index contributed by atoms with van der Waals surface area (Å²) in [4.78, 5) is 2.27. The molecule has 1 aliphatic heterocycles. The first-order chi connectivity index (χ1) is 3.83. The van der Waals surface area contributed by atoms with Gasteiger partial charge in [-0.05, 0) is 20.0 Å². The third kappa shape index (κ3) is 1.02. The van der Waals surface area contributed by atoms with Crippen LogP contribution in [0.2, 0.25) is 0 Å². The molecule has 1 saturated heterocycles. The largest absolute Gasteiger partial charge is 0.305 e. The molecule has 1 rings (SSSR count). The third-order valence-corrected chi connectivity index (χ3v) is 1.63. The molecule has 8 heavy (non-hydrogen) atoms. The summed E-state index contributed by atoms with van der Waals surface area (Å²) in [6.07, 6.45) is 6.41. The first kappa shape index (κ1) is 5.65. The molecule has 0 aromatic carbocycles. The summed E-state index contributed by atoms with van der Waals surface area (Å²) in [7, 11) is 2.11. The second-order valence-corrected chi connectivity index (χ2v) is 2.41. The number of terminal acetylenes is 1. The van der Waals surface area contributed by atoms with Gasteiger partial charge in [-0.25, -0.2) is 0 Å². The molecular formula is C7H11N. The monoisotopic (exact) mass is 109 g/mol. The lowest BCUT2D eigenvalue weighted by atomic mass is 10.1. The molecule has 0 radical (unpaired) electrons. The molecule has 1 heterocycles. The molecular weight excluding hydrogens is 98.1 g/mol. The second-order valence-electron chi connectivity index (χ2n) is 2.41. The van der Waals surface area contributed by atoms with E-state index in [1.165, 1.54) is 13.0 Å². The first-order valence-electron chi connectivity index (χ1n) is 2.97. The Bertz CT molecular complexity index is 112. The van der Waals surface area contributed by atoms with E-state index in [0.29, 0.717) is 5.92 Å². The summed E-state index contributed by atoms with van der Waals surface area (Å²) in [6.45, 7) is 2.27. The average Bonchev–Trinajstić information content (AvgIpc) is 2.14. The number of rotatable bonds is 0. The molecule has 0 aromatic heterocycles. The van der Waals surface area contributed by atoms with Crippen LogP contribution in [0, 0.1) is 18.3 Å². The van der Waals surface area contributed by atoms with Gasteiger partial charge in [0.15, 0.2) is 0 Å². The summed E-state index contributed by atoms with van der Waals surface area (Å²) in [5.41, 5.74) is 0. The van der Waals surface area contributed by atoms with Crippen LogP contribution in [-0.4, -0.2) is 25.0 Å². The Balaban J connectivity index is 2.35. The number of nitrogens with zero attached hydrogens (tertiary/aromatic N) is 1. The highest BCUT2D eigenvalue weighted by atomic mass is 15.1. The quantitative estimate of drug-likeness (QED) is 0.411. The SMILES string of the molecule is C#CC1CCN(C)C1. The second kappa shape index (κ2) is 2.19. The van der Waals surface area contributed by atoms with Gasteiger partial charge >= 0.3 is 0 Å². The number of hydrogen-bond donors (Lipinski definition) is 0. The van der Waals surface area contributed by atoms with E-state index >= 15 is 0 Å². The predicted octanol–water partition coefficient (Wildman–Crippen LogP) is 0.571. The number of hydrogen-bond acceptors (Lipinski definition) is 1. The Hall–Kier alpha value is -0.480. The van der Waals surface area contributed by atoms with Crippen molar-refractivity contribution in [2.75, 3.05) is 20.1 Å². The Labute approximate surface area is 50.7 Å². The molecule has 1 fully saturated rings. The van der Waals surface area contributed by atoms with Gasteiger partial charge in [0, 0.05) is 12.5 Å². The highest BCUT2D eigenvalue weighted by molar-refractivity contribution is 4.97. The minimum absolute atomic E-state index is 0.528. The van der Waals surface area contributed by atoms with E-state index in [4.69, 9.17) is 6.42 Å². The lowest BCUT2D eigenvalue weighted by Crippen LogP contribution is -2.13. The molecule has 0 bridgehead atoms. The topological polar surface area (TPSA) is 3.24 Å². The Morgan fingerprint density at radius 3 is 2.75 bits per heavy atom. The summed E-state index contributed by atoms with van der Waals surface area (Å²) >= 11 is 0. The van der Waals surface area contributed by atoms with E-state index in [9.17, 15) is 0 Å². The molecule has 44 valence electrons. The van der Waals surface area contributed by atoms with Crippen molar-refractivity contribution in [1.82, 2.24) is 4.90 Å². The lowest BCUT2D eigenvalue weighted by molar-refractivity contribution is 0.410. The van der Waals surface area contributed by atoms with Crippen molar-refractivity contribution < 1.29 is 0 Å². The molecule has 0 N–H and O–H groups in total. The fraction of sp³-hybridized carbons (Fsp3) is 0.714. The van der Waals surface area contributed by atoms with Crippen molar-refractivity contribution in [3.63, 3.8) is 0 Å². The molecule has 1 nitrogen and oxygen atoms in total. The van der Waals surface area contributed by atoms with Gasteiger partial charge in [0.1, 0.15) is 0 Å². The Kier molecular flexibility index (Phi) is 1.55. The van der Waals surface area contributed by atoms with Crippen LogP contribution in [0.4, 0.5) is 0 Å². The van der Waals surface area contributed by atoms with Gasteiger partial charge in [-0.3, -0.25) is 0 Å². The molecule has 0 aromatic rings. The highest BCUT2D eigenvalue weighted by Crippen LogP contribution is 2.11. The molecule has 0 aliphatic carbocycles. The zero-order chi connectivity index (χ0) is 5.98. The summed E-state index contributed by atoms with van der Waals surface area (Å²) in [5.74, 6) is 3.28. The molecule has 1 atom stereocenters. The van der Waals surface area contributed by atoms with E-state index in [2.05, 4.69) is 17.9 Å². The Morgan fingerprint density at radius 1 is 1.75 bits per heavy atom. The van der Waals surface area contributed by atoms with Crippen LogP contribution in [0.25, 0.3) is 0 Å². The fourth-order valence-electron chi connectivity index (χ4n) is 1.07. The van der Waals surface area contributed by atoms with Gasteiger partial charge in [-0.1, -0.05) is 0 Å². The van der Waals surface area contributed by atoms with E-state index < -0.39 is 0 Å². The smallest absolute Gasteiger partial charge is 0.0339 e. The minimum Gasteiger partial charge on any atom is -0.305 e. The number of likely N-dealkylation sites (tertiary alicyclic amines) is 1. The maximum Gasteiger partial charge on any atom is 0.0339 e. The van der Waals surface area contributed by atoms with Crippen molar-refractivity contribution in [1.29, 1.82) is 0 Å². The van der Waals surface area contributed by atoms with Crippen LogP contribution in [0.1, 0.15) is 6.42 Å². The third-order valence-electron chi connectivity index (χ3n) is 1.63. The van der Waals surface area contributed by atoms with Crippen LogP contribution in [0.3, 0.4) is 0 Å². The van der Waals surface area contributed by atoms with Gasteiger partial charge in [0.25, 0.3) is 0 Å². The van der Waals surface area contributed by atoms with Crippen LogP contribution in [-0.2, 0) is 0 Å². The lowest BCUT2D eigenvalue weighted by Gasteiger charge is -2.03.